The van der Waals surface area contributed by atoms with E-state index in [1.165, 1.54) is 30.5 Å². The fourth-order valence-electron chi connectivity index (χ4n) is 1.71. The smallest absolute Gasteiger partial charge is 0.215 e. The van der Waals surface area contributed by atoms with Crippen molar-refractivity contribution in [1.82, 2.24) is 9.71 Å². The van der Waals surface area contributed by atoms with Crippen LogP contribution in [0.15, 0.2) is 34.9 Å². The van der Waals surface area contributed by atoms with Crippen molar-refractivity contribution in [3.63, 3.8) is 0 Å². The summed E-state index contributed by atoms with van der Waals surface area (Å²) in [5.74, 6) is -0.0137. The summed E-state index contributed by atoms with van der Waals surface area (Å²) in [6.07, 6.45) is 1.96. The number of nitrogens with one attached hydrogen (secondary N) is 1. The van der Waals surface area contributed by atoms with Gasteiger partial charge in [-0.25, -0.2) is 22.5 Å². The molecular formula is C13H15FN2O3S. The molecule has 5 nitrogen and oxygen atoms in total. The Balaban J connectivity index is 1.86. The molecule has 108 valence electrons. The van der Waals surface area contributed by atoms with Gasteiger partial charge in [-0.2, -0.15) is 0 Å². The fourth-order valence-corrected chi connectivity index (χ4v) is 2.86. The maximum absolute atomic E-state index is 12.7. The maximum atomic E-state index is 12.7. The van der Waals surface area contributed by atoms with Crippen LogP contribution in [0.5, 0.6) is 0 Å². The summed E-state index contributed by atoms with van der Waals surface area (Å²) in [4.78, 5) is 4.08. The average Bonchev–Trinajstić information content (AvgIpc) is 2.77. The van der Waals surface area contributed by atoms with E-state index >= 15 is 0 Å². The summed E-state index contributed by atoms with van der Waals surface area (Å²) in [6, 6.07) is 5.39. The van der Waals surface area contributed by atoms with E-state index in [-0.39, 0.29) is 18.1 Å². The molecule has 0 atom stereocenters. The first-order chi connectivity index (χ1) is 9.44. The molecule has 1 aromatic carbocycles. The number of halogens is 1. The lowest BCUT2D eigenvalue weighted by atomic mass is 10.2. The van der Waals surface area contributed by atoms with E-state index in [0.29, 0.717) is 23.6 Å². The fraction of sp³-hybridized carbons (Fsp3) is 0.308. The lowest BCUT2D eigenvalue weighted by molar-refractivity contribution is 0.520. The van der Waals surface area contributed by atoms with Crippen molar-refractivity contribution in [3.8, 4) is 0 Å². The second-order valence-electron chi connectivity index (χ2n) is 4.39. The van der Waals surface area contributed by atoms with Gasteiger partial charge in [-0.3, -0.25) is 0 Å². The Morgan fingerprint density at radius 3 is 2.60 bits per heavy atom. The zero-order chi connectivity index (χ0) is 14.6. The van der Waals surface area contributed by atoms with E-state index in [0.717, 1.165) is 0 Å². The highest BCUT2D eigenvalue weighted by Gasteiger charge is 2.11. The SMILES string of the molecule is Cc1nc(CCNS(=O)(=O)Cc2ccc(F)cc2)co1. The van der Waals surface area contributed by atoms with Gasteiger partial charge in [-0.15, -0.1) is 0 Å². The molecule has 7 heteroatoms. The van der Waals surface area contributed by atoms with Gasteiger partial charge in [0.25, 0.3) is 0 Å². The van der Waals surface area contributed by atoms with Crippen LogP contribution < -0.4 is 4.72 Å². The van der Waals surface area contributed by atoms with Gasteiger partial charge in [0, 0.05) is 19.9 Å². The van der Waals surface area contributed by atoms with Gasteiger partial charge in [0.2, 0.25) is 10.0 Å². The van der Waals surface area contributed by atoms with Crippen molar-refractivity contribution in [2.75, 3.05) is 6.54 Å². The Morgan fingerprint density at radius 1 is 1.30 bits per heavy atom. The average molecular weight is 298 g/mol. The van der Waals surface area contributed by atoms with Crippen LogP contribution in [0.3, 0.4) is 0 Å². The summed E-state index contributed by atoms with van der Waals surface area (Å²) < 4.78 is 43.9. The van der Waals surface area contributed by atoms with Crippen molar-refractivity contribution in [1.29, 1.82) is 0 Å². The van der Waals surface area contributed by atoms with E-state index < -0.39 is 10.0 Å². The Hall–Kier alpha value is -1.73. The first-order valence-electron chi connectivity index (χ1n) is 6.07. The molecule has 0 aliphatic heterocycles. The third-order valence-corrected chi connectivity index (χ3v) is 4.00. The Morgan fingerprint density at radius 2 is 2.00 bits per heavy atom. The highest BCUT2D eigenvalue weighted by molar-refractivity contribution is 7.88. The standard InChI is InChI=1S/C13H15FN2O3S/c1-10-16-13(8-19-10)6-7-15-20(17,18)9-11-2-4-12(14)5-3-11/h2-5,8,15H,6-7,9H2,1H3. The molecule has 0 aliphatic carbocycles. The highest BCUT2D eigenvalue weighted by Crippen LogP contribution is 2.07. The zero-order valence-corrected chi connectivity index (χ0v) is 11.8. The predicted molar refractivity (Wildman–Crippen MR) is 72.0 cm³/mol. The van der Waals surface area contributed by atoms with E-state index in [2.05, 4.69) is 9.71 Å². The molecule has 2 aromatic rings. The molecule has 20 heavy (non-hydrogen) atoms. The molecule has 0 amide bonds. The molecule has 0 fully saturated rings. The quantitative estimate of drug-likeness (QED) is 0.882. The molecular weight excluding hydrogens is 283 g/mol. The molecule has 0 unspecified atom stereocenters. The topological polar surface area (TPSA) is 72.2 Å². The summed E-state index contributed by atoms with van der Waals surface area (Å²) in [5.41, 5.74) is 1.24. The molecule has 0 saturated carbocycles. The van der Waals surface area contributed by atoms with Crippen LogP contribution >= 0.6 is 0 Å². The number of nitrogens with zero attached hydrogens (tertiary/aromatic N) is 1. The summed E-state index contributed by atoms with van der Waals surface area (Å²) in [5, 5.41) is 0. The van der Waals surface area contributed by atoms with Crippen LogP contribution in [0.2, 0.25) is 0 Å². The molecule has 0 spiro atoms. The van der Waals surface area contributed by atoms with Gasteiger partial charge in [-0.1, -0.05) is 12.1 Å². The van der Waals surface area contributed by atoms with E-state index in [4.69, 9.17) is 4.42 Å². The van der Waals surface area contributed by atoms with Crippen molar-refractivity contribution < 1.29 is 17.2 Å². The number of aryl methyl sites for hydroxylation is 1. The normalized spacial score (nSPS) is 11.7. The Kier molecular flexibility index (Phi) is 4.51. The molecule has 1 aromatic heterocycles. The molecule has 0 aliphatic rings. The van der Waals surface area contributed by atoms with E-state index in [1.807, 2.05) is 0 Å². The van der Waals surface area contributed by atoms with Gasteiger partial charge < -0.3 is 4.42 Å². The number of sulfonamides is 1. The van der Waals surface area contributed by atoms with Crippen LogP contribution in [0, 0.1) is 12.7 Å². The molecule has 1 heterocycles. The number of hydrogen-bond acceptors (Lipinski definition) is 4. The molecule has 0 radical (unpaired) electrons. The molecule has 0 saturated heterocycles. The number of oxazole rings is 1. The van der Waals surface area contributed by atoms with Crippen LogP contribution in [0.4, 0.5) is 4.39 Å². The monoisotopic (exact) mass is 298 g/mol. The second kappa shape index (κ2) is 6.15. The predicted octanol–water partition coefficient (Wildman–Crippen LogP) is 1.78. The number of hydrogen-bond donors (Lipinski definition) is 1. The van der Waals surface area contributed by atoms with Crippen LogP contribution in [0.1, 0.15) is 17.1 Å². The molecule has 1 N–H and O–H groups in total. The second-order valence-corrected chi connectivity index (χ2v) is 6.19. The van der Waals surface area contributed by atoms with Gasteiger partial charge in [0.15, 0.2) is 5.89 Å². The minimum Gasteiger partial charge on any atom is -0.449 e. The first-order valence-corrected chi connectivity index (χ1v) is 7.73. The Labute approximate surface area is 116 Å². The minimum absolute atomic E-state index is 0.175. The van der Waals surface area contributed by atoms with Crippen LogP contribution in [-0.4, -0.2) is 19.9 Å². The number of aromatic nitrogens is 1. The van der Waals surface area contributed by atoms with Crippen molar-refractivity contribution in [2.24, 2.45) is 0 Å². The molecule has 2 rings (SSSR count). The lowest BCUT2D eigenvalue weighted by Gasteiger charge is -2.05. The molecule has 0 bridgehead atoms. The van der Waals surface area contributed by atoms with Gasteiger partial charge in [-0.05, 0) is 17.7 Å². The van der Waals surface area contributed by atoms with Gasteiger partial charge >= 0.3 is 0 Å². The minimum atomic E-state index is -3.44. The van der Waals surface area contributed by atoms with Gasteiger partial charge in [0.1, 0.15) is 12.1 Å². The van der Waals surface area contributed by atoms with Crippen molar-refractivity contribution >= 4 is 10.0 Å². The zero-order valence-electron chi connectivity index (χ0n) is 11.0. The van der Waals surface area contributed by atoms with E-state index in [1.54, 1.807) is 6.92 Å². The first kappa shape index (κ1) is 14.7. The third kappa shape index (κ3) is 4.43. The van der Waals surface area contributed by atoms with Crippen LogP contribution in [-0.2, 0) is 22.2 Å². The highest BCUT2D eigenvalue weighted by atomic mass is 32.2. The Bertz CT molecular complexity index is 665. The lowest BCUT2D eigenvalue weighted by Crippen LogP contribution is -2.27. The summed E-state index contributed by atoms with van der Waals surface area (Å²) in [6.45, 7) is 1.97. The summed E-state index contributed by atoms with van der Waals surface area (Å²) in [7, 11) is -3.44. The van der Waals surface area contributed by atoms with Crippen molar-refractivity contribution in [2.45, 2.75) is 19.1 Å². The van der Waals surface area contributed by atoms with Gasteiger partial charge in [0.05, 0.1) is 11.4 Å². The van der Waals surface area contributed by atoms with E-state index in [9.17, 15) is 12.8 Å². The maximum Gasteiger partial charge on any atom is 0.215 e. The largest absolute Gasteiger partial charge is 0.449 e. The number of benzene rings is 1. The third-order valence-electron chi connectivity index (χ3n) is 2.64. The van der Waals surface area contributed by atoms with Crippen LogP contribution in [0.25, 0.3) is 0 Å². The summed E-state index contributed by atoms with van der Waals surface area (Å²) >= 11 is 0. The van der Waals surface area contributed by atoms with Crippen molar-refractivity contribution in [3.05, 3.63) is 53.5 Å². The number of rotatable bonds is 6.